The second-order valence-corrected chi connectivity index (χ2v) is 5.10. The van der Waals surface area contributed by atoms with E-state index in [9.17, 15) is 0 Å². The maximum absolute atomic E-state index is 6.33. The molecule has 0 aliphatic rings. The molecule has 0 aromatic carbocycles. The number of rotatable bonds is 6. The molecule has 1 unspecified atom stereocenters. The molecule has 0 amide bonds. The van der Waals surface area contributed by atoms with Crippen molar-refractivity contribution < 1.29 is 4.74 Å². The number of ether oxygens (including phenoxy) is 1. The lowest BCUT2D eigenvalue weighted by molar-refractivity contribution is 0.394. The summed E-state index contributed by atoms with van der Waals surface area (Å²) in [6, 6.07) is 6.07. The number of aromatic nitrogens is 3. The van der Waals surface area contributed by atoms with E-state index in [1.807, 2.05) is 22.9 Å². The van der Waals surface area contributed by atoms with E-state index >= 15 is 0 Å². The summed E-state index contributed by atoms with van der Waals surface area (Å²) in [5.41, 5.74) is 8.34. The van der Waals surface area contributed by atoms with Gasteiger partial charge in [0.25, 0.3) is 0 Å². The molecule has 108 valence electrons. The van der Waals surface area contributed by atoms with E-state index in [4.69, 9.17) is 10.5 Å². The molecule has 2 rings (SSSR count). The molecule has 2 aromatic rings. The Kier molecular flexibility index (Phi) is 4.74. The van der Waals surface area contributed by atoms with Crippen molar-refractivity contribution in [1.82, 2.24) is 14.8 Å². The minimum absolute atomic E-state index is 0.114. The molecule has 2 aromatic heterocycles. The van der Waals surface area contributed by atoms with Gasteiger partial charge in [-0.25, -0.2) is 0 Å². The summed E-state index contributed by atoms with van der Waals surface area (Å²) in [5.74, 6) is 0.757. The van der Waals surface area contributed by atoms with Crippen LogP contribution in [0.15, 0.2) is 30.6 Å². The third kappa shape index (κ3) is 3.17. The highest BCUT2D eigenvalue weighted by atomic mass is 16.5. The Labute approximate surface area is 119 Å². The number of pyridine rings is 1. The summed E-state index contributed by atoms with van der Waals surface area (Å²) in [6.45, 7) is 4.17. The summed E-state index contributed by atoms with van der Waals surface area (Å²) < 4.78 is 7.30. The minimum atomic E-state index is -0.114. The number of aryl methyl sites for hydroxylation is 1. The fourth-order valence-corrected chi connectivity index (χ4v) is 2.26. The van der Waals surface area contributed by atoms with E-state index in [2.05, 4.69) is 23.9 Å². The second-order valence-electron chi connectivity index (χ2n) is 5.10. The van der Waals surface area contributed by atoms with Crippen LogP contribution >= 0.6 is 0 Å². The molecule has 0 aliphatic heterocycles. The largest absolute Gasteiger partial charge is 0.493 e. The average Bonchev–Trinajstić information content (AvgIpc) is 2.90. The van der Waals surface area contributed by atoms with E-state index in [1.165, 1.54) is 0 Å². The SMILES string of the molecule is COc1cnn(C(C)C)c1C(N)CCc1ccccn1. The fourth-order valence-electron chi connectivity index (χ4n) is 2.26. The predicted octanol–water partition coefficient (Wildman–Crippen LogP) is 2.50. The normalized spacial score (nSPS) is 12.7. The zero-order valence-corrected chi connectivity index (χ0v) is 12.3. The Morgan fingerprint density at radius 2 is 2.15 bits per heavy atom. The van der Waals surface area contributed by atoms with Crippen molar-refractivity contribution >= 4 is 0 Å². The van der Waals surface area contributed by atoms with Crippen molar-refractivity contribution in [1.29, 1.82) is 0 Å². The van der Waals surface area contributed by atoms with Gasteiger partial charge < -0.3 is 10.5 Å². The molecule has 0 fully saturated rings. The van der Waals surface area contributed by atoms with Gasteiger partial charge in [0, 0.05) is 17.9 Å². The third-order valence-corrected chi connectivity index (χ3v) is 3.30. The molecule has 5 nitrogen and oxygen atoms in total. The second kappa shape index (κ2) is 6.52. The first-order valence-electron chi connectivity index (χ1n) is 6.90. The molecule has 0 saturated carbocycles. The van der Waals surface area contributed by atoms with Crippen LogP contribution in [0.4, 0.5) is 0 Å². The van der Waals surface area contributed by atoms with Crippen LogP contribution in [0.5, 0.6) is 5.75 Å². The van der Waals surface area contributed by atoms with Crippen LogP contribution in [0.2, 0.25) is 0 Å². The zero-order valence-electron chi connectivity index (χ0n) is 12.3. The highest BCUT2D eigenvalue weighted by Gasteiger charge is 2.20. The summed E-state index contributed by atoms with van der Waals surface area (Å²) in [4.78, 5) is 4.32. The van der Waals surface area contributed by atoms with Gasteiger partial charge in [0.15, 0.2) is 5.75 Å². The molecule has 0 aliphatic carbocycles. The molecule has 0 saturated heterocycles. The summed E-state index contributed by atoms with van der Waals surface area (Å²) >= 11 is 0. The topological polar surface area (TPSA) is 66.0 Å². The predicted molar refractivity (Wildman–Crippen MR) is 78.7 cm³/mol. The van der Waals surface area contributed by atoms with Gasteiger partial charge in [-0.05, 0) is 38.8 Å². The molecule has 5 heteroatoms. The molecule has 20 heavy (non-hydrogen) atoms. The lowest BCUT2D eigenvalue weighted by Gasteiger charge is -2.17. The van der Waals surface area contributed by atoms with Crippen molar-refractivity contribution in [2.24, 2.45) is 5.73 Å². The van der Waals surface area contributed by atoms with E-state index < -0.39 is 0 Å². The highest BCUT2D eigenvalue weighted by molar-refractivity contribution is 5.28. The molecular weight excluding hydrogens is 252 g/mol. The average molecular weight is 274 g/mol. The molecule has 0 spiro atoms. The quantitative estimate of drug-likeness (QED) is 0.879. The minimum Gasteiger partial charge on any atom is -0.493 e. The molecule has 0 radical (unpaired) electrons. The maximum Gasteiger partial charge on any atom is 0.161 e. The van der Waals surface area contributed by atoms with Crippen LogP contribution in [0.25, 0.3) is 0 Å². The fraction of sp³-hybridized carbons (Fsp3) is 0.467. The van der Waals surface area contributed by atoms with Gasteiger partial charge in [0.1, 0.15) is 0 Å². The van der Waals surface area contributed by atoms with Gasteiger partial charge >= 0.3 is 0 Å². The Balaban J connectivity index is 2.12. The summed E-state index contributed by atoms with van der Waals surface area (Å²) in [7, 11) is 1.65. The van der Waals surface area contributed by atoms with Gasteiger partial charge in [0.2, 0.25) is 0 Å². The Bertz CT molecular complexity index is 536. The Morgan fingerprint density at radius 3 is 2.75 bits per heavy atom. The van der Waals surface area contributed by atoms with E-state index in [0.29, 0.717) is 0 Å². The van der Waals surface area contributed by atoms with Gasteiger partial charge in [0.05, 0.1) is 25.0 Å². The molecule has 2 N–H and O–H groups in total. The molecule has 1 atom stereocenters. The number of hydrogen-bond donors (Lipinski definition) is 1. The lowest BCUT2D eigenvalue weighted by atomic mass is 10.1. The molecule has 0 bridgehead atoms. The molecule has 2 heterocycles. The van der Waals surface area contributed by atoms with Crippen molar-refractivity contribution in [3.63, 3.8) is 0 Å². The first-order chi connectivity index (χ1) is 9.63. The summed E-state index contributed by atoms with van der Waals surface area (Å²) in [5, 5.41) is 4.36. The van der Waals surface area contributed by atoms with Crippen molar-refractivity contribution in [2.45, 2.75) is 38.8 Å². The maximum atomic E-state index is 6.33. The van der Waals surface area contributed by atoms with Gasteiger partial charge in [-0.3, -0.25) is 9.67 Å². The van der Waals surface area contributed by atoms with Crippen LogP contribution in [0.3, 0.4) is 0 Å². The number of nitrogens with two attached hydrogens (primary N) is 1. The van der Waals surface area contributed by atoms with Crippen LogP contribution < -0.4 is 10.5 Å². The first-order valence-corrected chi connectivity index (χ1v) is 6.90. The number of hydrogen-bond acceptors (Lipinski definition) is 4. The highest BCUT2D eigenvalue weighted by Crippen LogP contribution is 2.28. The van der Waals surface area contributed by atoms with Crippen LogP contribution in [0, 0.1) is 0 Å². The zero-order chi connectivity index (χ0) is 14.5. The van der Waals surface area contributed by atoms with Crippen LogP contribution in [0.1, 0.15) is 43.7 Å². The van der Waals surface area contributed by atoms with Crippen LogP contribution in [-0.4, -0.2) is 21.9 Å². The number of methoxy groups -OCH3 is 1. The van der Waals surface area contributed by atoms with Crippen LogP contribution in [-0.2, 0) is 6.42 Å². The van der Waals surface area contributed by atoms with E-state index in [0.717, 1.165) is 30.0 Å². The van der Waals surface area contributed by atoms with Gasteiger partial charge in [-0.15, -0.1) is 0 Å². The van der Waals surface area contributed by atoms with Crippen molar-refractivity contribution in [2.75, 3.05) is 7.11 Å². The number of nitrogens with zero attached hydrogens (tertiary/aromatic N) is 3. The van der Waals surface area contributed by atoms with Crippen molar-refractivity contribution in [3.05, 3.63) is 42.0 Å². The third-order valence-electron chi connectivity index (χ3n) is 3.30. The Morgan fingerprint density at radius 1 is 1.35 bits per heavy atom. The lowest BCUT2D eigenvalue weighted by Crippen LogP contribution is -2.19. The standard InChI is InChI=1S/C15H22N4O/c1-11(2)19-15(14(20-3)10-18-19)13(16)8-7-12-6-4-5-9-17-12/h4-6,9-11,13H,7-8,16H2,1-3H3. The first kappa shape index (κ1) is 14.5. The van der Waals surface area contributed by atoms with Gasteiger partial charge in [-0.2, -0.15) is 5.10 Å². The molecular formula is C15H22N4O. The van der Waals surface area contributed by atoms with Crippen molar-refractivity contribution in [3.8, 4) is 5.75 Å². The Hall–Kier alpha value is -1.88. The van der Waals surface area contributed by atoms with E-state index in [-0.39, 0.29) is 12.1 Å². The monoisotopic (exact) mass is 274 g/mol. The smallest absolute Gasteiger partial charge is 0.161 e. The summed E-state index contributed by atoms with van der Waals surface area (Å²) in [6.07, 6.45) is 5.19. The van der Waals surface area contributed by atoms with E-state index in [1.54, 1.807) is 19.5 Å². The van der Waals surface area contributed by atoms with Gasteiger partial charge in [-0.1, -0.05) is 6.07 Å².